The van der Waals surface area contributed by atoms with Crippen LogP contribution < -0.4 is 5.32 Å². The molecule has 0 spiro atoms. The van der Waals surface area contributed by atoms with Crippen LogP contribution in [0.25, 0.3) is 0 Å². The molecular formula is C17H29NO3Si. The molecule has 0 aromatic carbocycles. The number of rotatable bonds is 4. The number of alkyl carbamates (subject to hydrolysis) is 1. The Labute approximate surface area is 134 Å². The van der Waals surface area contributed by atoms with Crippen LogP contribution in [0.15, 0.2) is 11.3 Å². The third-order valence-corrected chi connectivity index (χ3v) is 13.6. The predicted molar refractivity (Wildman–Crippen MR) is 89.4 cm³/mol. The molecule has 2 aliphatic heterocycles. The summed E-state index contributed by atoms with van der Waals surface area (Å²) in [6, 6.07) is 0. The predicted octanol–water partition coefficient (Wildman–Crippen LogP) is 4.13. The van der Waals surface area contributed by atoms with E-state index in [1.54, 1.807) is 0 Å². The zero-order chi connectivity index (χ0) is 16.3. The highest BCUT2D eigenvalue weighted by Crippen LogP contribution is 2.60. The molecule has 0 radical (unpaired) electrons. The van der Waals surface area contributed by atoms with E-state index in [0.29, 0.717) is 23.2 Å². The molecule has 3 rings (SSSR count). The van der Waals surface area contributed by atoms with E-state index in [1.165, 1.54) is 5.20 Å². The standard InChI is InChI=1S/C17H29NO3Si/c1-11(2)22(12(3)4,13(5)6)14-7-8-16-9-10-20-17(14,16)18-15(19)21-16/h7,11-13H,8-10H2,1-6H3,(H,18,19)/t16-,17+/m0/s1. The Balaban J connectivity index is 2.16. The number of carbonyl (C=O) groups excluding carboxylic acids is 1. The summed E-state index contributed by atoms with van der Waals surface area (Å²) < 4.78 is 12.0. The summed E-state index contributed by atoms with van der Waals surface area (Å²) in [6.07, 6.45) is 3.63. The molecule has 3 aliphatic rings. The number of ether oxygens (including phenoxy) is 2. The second-order valence-corrected chi connectivity index (χ2v) is 13.9. The van der Waals surface area contributed by atoms with E-state index < -0.39 is 19.4 Å². The lowest BCUT2D eigenvalue weighted by atomic mass is 9.93. The summed E-state index contributed by atoms with van der Waals surface area (Å²) in [5.41, 5.74) is 0.590. The molecule has 1 amide bonds. The van der Waals surface area contributed by atoms with Gasteiger partial charge in [0.25, 0.3) is 0 Å². The summed E-state index contributed by atoms with van der Waals surface area (Å²) in [5, 5.41) is 4.46. The van der Waals surface area contributed by atoms with Crippen molar-refractivity contribution in [3.63, 3.8) is 0 Å². The molecule has 1 aliphatic carbocycles. The number of hydrogen-bond acceptors (Lipinski definition) is 3. The number of carbonyl (C=O) groups is 1. The van der Waals surface area contributed by atoms with Crippen LogP contribution in [-0.4, -0.2) is 32.1 Å². The van der Waals surface area contributed by atoms with Crippen molar-refractivity contribution >= 4 is 14.2 Å². The van der Waals surface area contributed by atoms with Crippen molar-refractivity contribution in [3.05, 3.63) is 11.3 Å². The second kappa shape index (κ2) is 4.84. The first-order valence-corrected chi connectivity index (χ1v) is 10.8. The van der Waals surface area contributed by atoms with Gasteiger partial charge >= 0.3 is 6.09 Å². The zero-order valence-electron chi connectivity index (χ0n) is 14.7. The normalized spacial score (nSPS) is 34.0. The van der Waals surface area contributed by atoms with Gasteiger partial charge in [-0.3, -0.25) is 5.32 Å². The van der Waals surface area contributed by atoms with Crippen LogP contribution in [-0.2, 0) is 9.47 Å². The van der Waals surface area contributed by atoms with E-state index in [-0.39, 0.29) is 6.09 Å². The zero-order valence-corrected chi connectivity index (χ0v) is 15.7. The molecule has 2 atom stereocenters. The number of nitrogens with one attached hydrogen (secondary N) is 1. The second-order valence-electron chi connectivity index (χ2n) is 8.01. The molecule has 0 aromatic heterocycles. The van der Waals surface area contributed by atoms with Gasteiger partial charge in [-0.1, -0.05) is 47.6 Å². The Kier molecular flexibility index (Phi) is 3.53. The van der Waals surface area contributed by atoms with Crippen LogP contribution in [0.5, 0.6) is 0 Å². The molecule has 124 valence electrons. The van der Waals surface area contributed by atoms with Gasteiger partial charge in [0.1, 0.15) is 0 Å². The average molecular weight is 324 g/mol. The maximum absolute atomic E-state index is 12.0. The third-order valence-electron chi connectivity index (χ3n) is 6.38. The summed E-state index contributed by atoms with van der Waals surface area (Å²) in [4.78, 5) is 12.0. The van der Waals surface area contributed by atoms with Gasteiger partial charge < -0.3 is 9.47 Å². The molecule has 0 unspecified atom stereocenters. The minimum Gasteiger partial charge on any atom is -0.437 e. The molecule has 1 N–H and O–H groups in total. The van der Waals surface area contributed by atoms with Gasteiger partial charge in [0.2, 0.25) is 5.72 Å². The minimum absolute atomic E-state index is 0.315. The smallest absolute Gasteiger partial charge is 0.410 e. The first kappa shape index (κ1) is 16.1. The fraction of sp³-hybridized carbons (Fsp3) is 0.824. The first-order chi connectivity index (χ1) is 10.2. The molecule has 0 saturated carbocycles. The Morgan fingerprint density at radius 2 is 1.73 bits per heavy atom. The molecule has 2 saturated heterocycles. The first-order valence-electron chi connectivity index (χ1n) is 8.59. The van der Waals surface area contributed by atoms with Crippen molar-refractivity contribution in [1.29, 1.82) is 0 Å². The van der Waals surface area contributed by atoms with Crippen LogP contribution in [0.4, 0.5) is 4.79 Å². The van der Waals surface area contributed by atoms with E-state index in [0.717, 1.165) is 12.8 Å². The minimum atomic E-state index is -1.87. The fourth-order valence-corrected chi connectivity index (χ4v) is 13.1. The highest BCUT2D eigenvalue weighted by molar-refractivity contribution is 6.90. The van der Waals surface area contributed by atoms with Crippen molar-refractivity contribution < 1.29 is 14.3 Å². The SMILES string of the molecule is CC(C)[Si](C1=CC[C@]23CCO[C@]12NC(=O)O3)(C(C)C)C(C)C. The van der Waals surface area contributed by atoms with Gasteiger partial charge in [0.05, 0.1) is 14.7 Å². The molecule has 5 heteroatoms. The summed E-state index contributed by atoms with van der Waals surface area (Å²) in [6.45, 7) is 14.7. The highest BCUT2D eigenvalue weighted by Gasteiger charge is 2.72. The van der Waals surface area contributed by atoms with Gasteiger partial charge in [-0.25, -0.2) is 4.79 Å². The van der Waals surface area contributed by atoms with E-state index in [9.17, 15) is 4.79 Å². The maximum atomic E-state index is 12.0. The Morgan fingerprint density at radius 3 is 2.27 bits per heavy atom. The summed E-state index contributed by atoms with van der Waals surface area (Å²) in [7, 11) is -1.87. The maximum Gasteiger partial charge on any atom is 0.410 e. The van der Waals surface area contributed by atoms with Crippen LogP contribution >= 0.6 is 0 Å². The van der Waals surface area contributed by atoms with Gasteiger partial charge in [0.15, 0.2) is 5.60 Å². The van der Waals surface area contributed by atoms with Crippen molar-refractivity contribution in [2.24, 2.45) is 0 Å². The molecule has 22 heavy (non-hydrogen) atoms. The lowest BCUT2D eigenvalue weighted by Gasteiger charge is -2.49. The van der Waals surface area contributed by atoms with Gasteiger partial charge in [-0.15, -0.1) is 0 Å². The van der Waals surface area contributed by atoms with Crippen LogP contribution in [0.2, 0.25) is 16.6 Å². The fourth-order valence-electron chi connectivity index (χ4n) is 5.80. The Morgan fingerprint density at radius 1 is 1.14 bits per heavy atom. The number of amides is 1. The van der Waals surface area contributed by atoms with Gasteiger partial charge in [-0.2, -0.15) is 0 Å². The largest absolute Gasteiger partial charge is 0.437 e. The van der Waals surface area contributed by atoms with E-state index >= 15 is 0 Å². The molecule has 4 nitrogen and oxygen atoms in total. The molecule has 0 aromatic rings. The van der Waals surface area contributed by atoms with Crippen molar-refractivity contribution in [2.75, 3.05) is 6.61 Å². The third kappa shape index (κ3) is 1.64. The van der Waals surface area contributed by atoms with Crippen LogP contribution in [0, 0.1) is 0 Å². The van der Waals surface area contributed by atoms with Crippen LogP contribution in [0.3, 0.4) is 0 Å². The van der Waals surface area contributed by atoms with Crippen LogP contribution in [0.1, 0.15) is 54.4 Å². The van der Waals surface area contributed by atoms with E-state index in [4.69, 9.17) is 9.47 Å². The topological polar surface area (TPSA) is 47.6 Å². The molecule has 2 fully saturated rings. The molecule has 0 bridgehead atoms. The van der Waals surface area contributed by atoms with Crippen molar-refractivity contribution in [2.45, 2.75) is 82.3 Å². The molecule has 2 heterocycles. The highest BCUT2D eigenvalue weighted by atomic mass is 28.3. The molecular weight excluding hydrogens is 294 g/mol. The number of hydrogen-bond donors (Lipinski definition) is 1. The summed E-state index contributed by atoms with van der Waals surface area (Å²) in [5.74, 6) is 0. The van der Waals surface area contributed by atoms with Crippen molar-refractivity contribution in [1.82, 2.24) is 5.32 Å². The van der Waals surface area contributed by atoms with E-state index in [2.05, 4.69) is 52.9 Å². The lowest BCUT2D eigenvalue weighted by molar-refractivity contribution is -0.0449. The van der Waals surface area contributed by atoms with Gasteiger partial charge in [-0.05, 0) is 21.8 Å². The lowest BCUT2D eigenvalue weighted by Crippen LogP contribution is -2.62. The Hall–Kier alpha value is -0.813. The average Bonchev–Trinajstić information content (AvgIpc) is 2.91. The van der Waals surface area contributed by atoms with Crippen molar-refractivity contribution in [3.8, 4) is 0 Å². The monoisotopic (exact) mass is 323 g/mol. The quantitative estimate of drug-likeness (QED) is 0.791. The van der Waals surface area contributed by atoms with E-state index in [1.807, 2.05) is 0 Å². The van der Waals surface area contributed by atoms with Gasteiger partial charge in [0, 0.05) is 12.8 Å². The summed E-state index contributed by atoms with van der Waals surface area (Å²) >= 11 is 0. The Bertz CT molecular complexity index is 506.